The number of hydrogen-bond donors (Lipinski definition) is 0. The number of carbonyl (C=O) groups is 2. The van der Waals surface area contributed by atoms with Crippen LogP contribution in [0.25, 0.3) is 0 Å². The Morgan fingerprint density at radius 1 is 1.00 bits per heavy atom. The first-order valence-electron chi connectivity index (χ1n) is 9.36. The molecule has 2 saturated carbocycles. The zero-order valence-corrected chi connectivity index (χ0v) is 15.3. The number of hydrogen-bond acceptors (Lipinski definition) is 3. The standard InChI is InChI=1S/C21H28O3/c1-19(2)9-5-10-20(3)16(19)8-11-21(4)17(20)12-13-15(24-21)7-6-14(22)18(13)23/h6-7,16-17H,5,8-12H2,1-4H3/t16-,17+,20-,21+/m0/s1. The van der Waals surface area contributed by atoms with Crippen molar-refractivity contribution >= 4 is 11.6 Å². The van der Waals surface area contributed by atoms with Crippen LogP contribution >= 0.6 is 0 Å². The normalized spacial score (nSPS) is 43.7. The molecule has 3 nitrogen and oxygen atoms in total. The van der Waals surface area contributed by atoms with Gasteiger partial charge >= 0.3 is 0 Å². The summed E-state index contributed by atoms with van der Waals surface area (Å²) in [5.74, 6) is 0.867. The lowest BCUT2D eigenvalue weighted by Crippen LogP contribution is -2.60. The summed E-state index contributed by atoms with van der Waals surface area (Å²) in [6.45, 7) is 9.45. The van der Waals surface area contributed by atoms with Crippen molar-refractivity contribution in [1.82, 2.24) is 0 Å². The van der Waals surface area contributed by atoms with Gasteiger partial charge in [-0.15, -0.1) is 0 Å². The number of ether oxygens (including phenoxy) is 1. The Kier molecular flexibility index (Phi) is 3.24. The average Bonchev–Trinajstić information content (AvgIpc) is 2.49. The van der Waals surface area contributed by atoms with Crippen molar-refractivity contribution in [1.29, 1.82) is 0 Å². The summed E-state index contributed by atoms with van der Waals surface area (Å²) in [6.07, 6.45) is 9.72. The highest BCUT2D eigenvalue weighted by atomic mass is 16.5. The van der Waals surface area contributed by atoms with Gasteiger partial charge in [0.2, 0.25) is 11.6 Å². The highest BCUT2D eigenvalue weighted by Gasteiger charge is 2.61. The van der Waals surface area contributed by atoms with Crippen molar-refractivity contribution in [2.24, 2.45) is 22.7 Å². The monoisotopic (exact) mass is 328 g/mol. The summed E-state index contributed by atoms with van der Waals surface area (Å²) in [6, 6.07) is 0. The van der Waals surface area contributed by atoms with Gasteiger partial charge in [0.25, 0.3) is 0 Å². The van der Waals surface area contributed by atoms with E-state index in [9.17, 15) is 9.59 Å². The van der Waals surface area contributed by atoms with Gasteiger partial charge in [0, 0.05) is 11.5 Å². The predicted molar refractivity (Wildman–Crippen MR) is 92.2 cm³/mol. The van der Waals surface area contributed by atoms with E-state index in [-0.39, 0.29) is 16.8 Å². The lowest BCUT2D eigenvalue weighted by Gasteiger charge is -2.63. The van der Waals surface area contributed by atoms with Gasteiger partial charge in [-0.05, 0) is 67.9 Å². The third-order valence-corrected chi connectivity index (χ3v) is 7.67. The fourth-order valence-corrected chi connectivity index (χ4v) is 6.51. The Balaban J connectivity index is 1.77. The molecule has 4 aliphatic rings. The molecule has 0 aromatic rings. The molecule has 3 heteroatoms. The van der Waals surface area contributed by atoms with Gasteiger partial charge in [-0.1, -0.05) is 27.2 Å². The van der Waals surface area contributed by atoms with Crippen LogP contribution in [0.15, 0.2) is 23.5 Å². The average molecular weight is 328 g/mol. The fraction of sp³-hybridized carbons (Fsp3) is 0.714. The van der Waals surface area contributed by atoms with Crippen LogP contribution in [0.1, 0.15) is 66.2 Å². The Labute approximate surface area is 144 Å². The van der Waals surface area contributed by atoms with E-state index in [2.05, 4.69) is 27.7 Å². The van der Waals surface area contributed by atoms with Crippen LogP contribution in [-0.4, -0.2) is 17.2 Å². The molecule has 3 aliphatic carbocycles. The molecule has 0 radical (unpaired) electrons. The summed E-state index contributed by atoms with van der Waals surface area (Å²) in [5.41, 5.74) is 0.922. The molecule has 2 fully saturated rings. The largest absolute Gasteiger partial charge is 0.487 e. The van der Waals surface area contributed by atoms with Gasteiger partial charge in [-0.3, -0.25) is 9.59 Å². The summed E-state index contributed by atoms with van der Waals surface area (Å²) in [5, 5.41) is 0. The zero-order chi connectivity index (χ0) is 17.3. The molecular formula is C21H28O3. The van der Waals surface area contributed by atoms with Crippen LogP contribution in [0.2, 0.25) is 0 Å². The third kappa shape index (κ3) is 2.02. The van der Waals surface area contributed by atoms with Gasteiger partial charge in [-0.25, -0.2) is 0 Å². The molecule has 1 heterocycles. The van der Waals surface area contributed by atoms with E-state index < -0.39 is 5.78 Å². The van der Waals surface area contributed by atoms with Crippen molar-refractivity contribution in [3.63, 3.8) is 0 Å². The van der Waals surface area contributed by atoms with Crippen molar-refractivity contribution in [2.45, 2.75) is 71.8 Å². The molecular weight excluding hydrogens is 300 g/mol. The van der Waals surface area contributed by atoms with Crippen molar-refractivity contribution < 1.29 is 14.3 Å². The number of carbonyl (C=O) groups excluding carboxylic acids is 2. The maximum Gasteiger partial charge on any atom is 0.232 e. The first-order chi connectivity index (χ1) is 11.2. The SMILES string of the molecule is CC1(C)CCC[C@]2(C)[C@H]3CC4=C(C=CC(=O)C4=O)O[C@]3(C)CC[C@@H]12. The Morgan fingerprint density at radius 3 is 2.50 bits per heavy atom. The van der Waals surface area contributed by atoms with Gasteiger partial charge in [0.05, 0.1) is 0 Å². The Morgan fingerprint density at radius 2 is 1.75 bits per heavy atom. The zero-order valence-electron chi connectivity index (χ0n) is 15.3. The maximum atomic E-state index is 12.4. The minimum absolute atomic E-state index is 0.178. The molecule has 0 saturated heterocycles. The second-order valence-electron chi connectivity index (χ2n) is 9.48. The number of rotatable bonds is 0. The van der Waals surface area contributed by atoms with E-state index in [0.717, 1.165) is 6.42 Å². The van der Waals surface area contributed by atoms with E-state index in [1.165, 1.54) is 31.8 Å². The minimum atomic E-state index is -0.401. The molecule has 4 atom stereocenters. The van der Waals surface area contributed by atoms with E-state index in [1.807, 2.05) is 0 Å². The van der Waals surface area contributed by atoms with Crippen LogP contribution in [0.5, 0.6) is 0 Å². The van der Waals surface area contributed by atoms with Crippen LogP contribution in [0, 0.1) is 22.7 Å². The highest BCUT2D eigenvalue weighted by molar-refractivity contribution is 6.48. The minimum Gasteiger partial charge on any atom is -0.487 e. The molecule has 0 aromatic carbocycles. The molecule has 0 spiro atoms. The summed E-state index contributed by atoms with van der Waals surface area (Å²) in [7, 11) is 0. The van der Waals surface area contributed by atoms with Crippen LogP contribution in [-0.2, 0) is 14.3 Å². The number of allylic oxidation sites excluding steroid dienone is 3. The van der Waals surface area contributed by atoms with E-state index >= 15 is 0 Å². The molecule has 0 aromatic heterocycles. The van der Waals surface area contributed by atoms with Gasteiger partial charge < -0.3 is 4.74 Å². The lowest BCUT2D eigenvalue weighted by atomic mass is 9.44. The second kappa shape index (κ2) is 4.83. The van der Waals surface area contributed by atoms with Crippen molar-refractivity contribution in [2.75, 3.05) is 0 Å². The Hall–Kier alpha value is -1.38. The topological polar surface area (TPSA) is 43.4 Å². The molecule has 0 N–H and O–H groups in total. The molecule has 1 aliphatic heterocycles. The second-order valence-corrected chi connectivity index (χ2v) is 9.48. The van der Waals surface area contributed by atoms with Crippen LogP contribution in [0.4, 0.5) is 0 Å². The quantitative estimate of drug-likeness (QED) is 0.490. The lowest BCUT2D eigenvalue weighted by molar-refractivity contribution is -0.182. The smallest absolute Gasteiger partial charge is 0.232 e. The van der Waals surface area contributed by atoms with E-state index in [4.69, 9.17) is 4.74 Å². The molecule has 130 valence electrons. The summed E-state index contributed by atoms with van der Waals surface area (Å²) >= 11 is 0. The van der Waals surface area contributed by atoms with E-state index in [0.29, 0.717) is 35.0 Å². The van der Waals surface area contributed by atoms with Crippen LogP contribution in [0.3, 0.4) is 0 Å². The molecule has 0 unspecified atom stereocenters. The number of fused-ring (bicyclic) bond motifs is 3. The van der Waals surface area contributed by atoms with Crippen molar-refractivity contribution in [3.05, 3.63) is 23.5 Å². The first kappa shape index (κ1) is 16.1. The molecule has 24 heavy (non-hydrogen) atoms. The first-order valence-corrected chi connectivity index (χ1v) is 9.36. The molecule has 4 rings (SSSR count). The molecule has 0 amide bonds. The number of ketones is 2. The van der Waals surface area contributed by atoms with Crippen LogP contribution < -0.4 is 0 Å². The van der Waals surface area contributed by atoms with Gasteiger partial charge in [0.15, 0.2) is 0 Å². The Bertz CT molecular complexity index is 683. The third-order valence-electron chi connectivity index (χ3n) is 7.67. The fourth-order valence-electron chi connectivity index (χ4n) is 6.51. The number of Topliss-reactive ketones (excluding diaryl/α,β-unsaturated/α-hetero) is 1. The highest BCUT2D eigenvalue weighted by Crippen LogP contribution is 2.65. The predicted octanol–water partition coefficient (Wildman–Crippen LogP) is 4.37. The van der Waals surface area contributed by atoms with Gasteiger partial charge in [-0.2, -0.15) is 0 Å². The summed E-state index contributed by atoms with van der Waals surface area (Å²) in [4.78, 5) is 24.2. The van der Waals surface area contributed by atoms with E-state index in [1.54, 1.807) is 6.08 Å². The maximum absolute atomic E-state index is 12.4. The van der Waals surface area contributed by atoms with Gasteiger partial charge in [0.1, 0.15) is 11.4 Å². The molecule has 0 bridgehead atoms. The van der Waals surface area contributed by atoms with Crippen molar-refractivity contribution in [3.8, 4) is 0 Å². The summed E-state index contributed by atoms with van der Waals surface area (Å²) < 4.78 is 6.40.